The van der Waals surface area contributed by atoms with Gasteiger partial charge in [0.15, 0.2) is 4.77 Å². The summed E-state index contributed by atoms with van der Waals surface area (Å²) in [5.41, 5.74) is 2.53. The Hall–Kier alpha value is -2.65. The number of ether oxygens (including phenoxy) is 1. The van der Waals surface area contributed by atoms with Crippen LogP contribution in [-0.4, -0.2) is 16.7 Å². The average Bonchev–Trinajstić information content (AvgIpc) is 2.81. The quantitative estimate of drug-likeness (QED) is 0.734. The van der Waals surface area contributed by atoms with Crippen molar-refractivity contribution >= 4 is 23.3 Å². The lowest BCUT2D eigenvalue weighted by Crippen LogP contribution is -1.98. The van der Waals surface area contributed by atoms with Gasteiger partial charge in [0, 0.05) is 6.07 Å². The number of nitrogens with zero attached hydrogens (tertiary/aromatic N) is 2. The highest BCUT2D eigenvalue weighted by Crippen LogP contribution is 2.28. The fourth-order valence-electron chi connectivity index (χ4n) is 2.25. The Morgan fingerprint density at radius 3 is 2.81 bits per heavy atom. The van der Waals surface area contributed by atoms with Gasteiger partial charge in [0.2, 0.25) is 0 Å². The molecule has 0 unspecified atom stereocenters. The Bertz CT molecular complexity index is 936. The monoisotopic (exact) mass is 299 g/mol. The number of hydrogen-bond acceptors (Lipinski definition) is 3. The van der Waals surface area contributed by atoms with Gasteiger partial charge in [-0.1, -0.05) is 0 Å². The molecule has 1 heterocycles. The first-order valence-corrected chi connectivity index (χ1v) is 6.53. The van der Waals surface area contributed by atoms with Crippen molar-refractivity contribution in [2.24, 2.45) is 0 Å². The first kappa shape index (κ1) is 13.3. The van der Waals surface area contributed by atoms with E-state index in [4.69, 9.17) is 22.2 Å². The fraction of sp³-hybridized carbons (Fsp3) is 0.0667. The highest BCUT2D eigenvalue weighted by Gasteiger charge is 2.12. The van der Waals surface area contributed by atoms with Crippen LogP contribution in [0.5, 0.6) is 5.75 Å². The van der Waals surface area contributed by atoms with Crippen LogP contribution in [0.1, 0.15) is 5.56 Å². The van der Waals surface area contributed by atoms with Crippen LogP contribution in [0.3, 0.4) is 0 Å². The summed E-state index contributed by atoms with van der Waals surface area (Å²) < 4.78 is 20.8. The van der Waals surface area contributed by atoms with Gasteiger partial charge in [-0.05, 0) is 42.5 Å². The molecule has 1 aromatic heterocycles. The maximum absolute atomic E-state index is 13.3. The van der Waals surface area contributed by atoms with Gasteiger partial charge < -0.3 is 9.72 Å². The number of nitrogens with one attached hydrogen (secondary N) is 1. The molecule has 0 saturated heterocycles. The van der Waals surface area contributed by atoms with E-state index in [1.54, 1.807) is 28.8 Å². The third-order valence-electron chi connectivity index (χ3n) is 3.19. The minimum Gasteiger partial charge on any atom is -0.495 e. The molecule has 0 aliphatic rings. The summed E-state index contributed by atoms with van der Waals surface area (Å²) in [4.78, 5) is 2.96. The molecule has 0 amide bonds. The maximum atomic E-state index is 13.3. The van der Waals surface area contributed by atoms with Crippen LogP contribution in [-0.2, 0) is 0 Å². The van der Waals surface area contributed by atoms with Crippen LogP contribution >= 0.6 is 12.2 Å². The molecule has 6 heteroatoms. The number of aromatic nitrogens is 2. The van der Waals surface area contributed by atoms with Crippen molar-refractivity contribution in [3.63, 3.8) is 0 Å². The molecule has 0 aliphatic carbocycles. The molecule has 104 valence electrons. The van der Waals surface area contributed by atoms with Crippen molar-refractivity contribution in [2.75, 3.05) is 7.11 Å². The van der Waals surface area contributed by atoms with Crippen LogP contribution in [0.15, 0.2) is 36.4 Å². The number of halogens is 1. The van der Waals surface area contributed by atoms with E-state index >= 15 is 0 Å². The lowest BCUT2D eigenvalue weighted by Gasteiger charge is -2.10. The highest BCUT2D eigenvalue weighted by molar-refractivity contribution is 7.71. The Labute approximate surface area is 125 Å². The summed E-state index contributed by atoms with van der Waals surface area (Å²) >= 11 is 5.31. The number of benzene rings is 2. The van der Waals surface area contributed by atoms with Gasteiger partial charge in [-0.2, -0.15) is 5.26 Å². The number of fused-ring (bicyclic) bond motifs is 1. The Kier molecular flexibility index (Phi) is 3.20. The maximum Gasteiger partial charge on any atom is 0.182 e. The number of rotatable bonds is 2. The minimum atomic E-state index is -0.335. The van der Waals surface area contributed by atoms with E-state index < -0.39 is 0 Å². The van der Waals surface area contributed by atoms with Crippen LogP contribution in [0, 0.1) is 21.9 Å². The molecular formula is C15H10FN3OS. The second-order valence-corrected chi connectivity index (χ2v) is 4.81. The predicted molar refractivity (Wildman–Crippen MR) is 79.7 cm³/mol. The third-order valence-corrected chi connectivity index (χ3v) is 3.48. The molecule has 4 nitrogen and oxygen atoms in total. The van der Waals surface area contributed by atoms with Crippen LogP contribution in [0.4, 0.5) is 4.39 Å². The van der Waals surface area contributed by atoms with Crippen LogP contribution in [0.2, 0.25) is 0 Å². The molecule has 21 heavy (non-hydrogen) atoms. The van der Waals surface area contributed by atoms with Crippen molar-refractivity contribution in [1.29, 1.82) is 5.26 Å². The first-order valence-electron chi connectivity index (χ1n) is 6.13. The lowest BCUT2D eigenvalue weighted by atomic mass is 10.2. The summed E-state index contributed by atoms with van der Waals surface area (Å²) in [5.74, 6) is 0.188. The molecule has 0 spiro atoms. The smallest absolute Gasteiger partial charge is 0.182 e. The standard InChI is InChI=1S/C15H10FN3OS/c1-20-14-6-9(8-17)2-4-13(14)19-12-5-3-10(16)7-11(12)18-15(19)21/h2-7H,1H3,(H,18,21). The molecule has 3 rings (SSSR count). The summed E-state index contributed by atoms with van der Waals surface area (Å²) in [6.07, 6.45) is 0. The second kappa shape index (κ2) is 5.04. The van der Waals surface area contributed by atoms with Gasteiger partial charge in [-0.15, -0.1) is 0 Å². The zero-order valence-electron chi connectivity index (χ0n) is 11.1. The summed E-state index contributed by atoms with van der Waals surface area (Å²) in [7, 11) is 1.53. The number of aromatic amines is 1. The van der Waals surface area contributed by atoms with Gasteiger partial charge in [-0.25, -0.2) is 4.39 Å². The fourth-order valence-corrected chi connectivity index (χ4v) is 2.56. The van der Waals surface area contributed by atoms with E-state index in [0.717, 1.165) is 5.52 Å². The normalized spacial score (nSPS) is 10.5. The number of H-pyrrole nitrogens is 1. The minimum absolute atomic E-state index is 0.335. The second-order valence-electron chi connectivity index (χ2n) is 4.43. The lowest BCUT2D eigenvalue weighted by molar-refractivity contribution is 0.413. The Morgan fingerprint density at radius 2 is 2.10 bits per heavy atom. The molecule has 0 aliphatic heterocycles. The van der Waals surface area contributed by atoms with E-state index in [-0.39, 0.29) is 5.82 Å². The molecule has 0 fully saturated rings. The van der Waals surface area contributed by atoms with Crippen LogP contribution < -0.4 is 4.74 Å². The van der Waals surface area contributed by atoms with Crippen LogP contribution in [0.25, 0.3) is 16.7 Å². The van der Waals surface area contributed by atoms with E-state index in [9.17, 15) is 4.39 Å². The molecule has 0 bridgehead atoms. The summed E-state index contributed by atoms with van der Waals surface area (Å²) in [6.45, 7) is 0. The summed E-state index contributed by atoms with van der Waals surface area (Å²) in [6, 6.07) is 11.5. The molecule has 0 saturated carbocycles. The molecule has 0 atom stereocenters. The molecule has 2 aromatic carbocycles. The largest absolute Gasteiger partial charge is 0.495 e. The highest BCUT2D eigenvalue weighted by atomic mass is 32.1. The third kappa shape index (κ3) is 2.18. The zero-order valence-corrected chi connectivity index (χ0v) is 11.9. The molecule has 0 radical (unpaired) electrons. The number of nitriles is 1. The molecular weight excluding hydrogens is 289 g/mol. The SMILES string of the molecule is COc1cc(C#N)ccc1-n1c(=S)[nH]c2cc(F)ccc21. The number of hydrogen-bond donors (Lipinski definition) is 1. The molecule has 1 N–H and O–H groups in total. The van der Waals surface area contributed by atoms with Gasteiger partial charge in [0.1, 0.15) is 11.6 Å². The van der Waals surface area contributed by atoms with Crippen molar-refractivity contribution < 1.29 is 9.13 Å². The van der Waals surface area contributed by atoms with Gasteiger partial charge >= 0.3 is 0 Å². The van der Waals surface area contributed by atoms with E-state index in [1.807, 2.05) is 0 Å². The van der Waals surface area contributed by atoms with Crippen molar-refractivity contribution in [3.05, 3.63) is 52.5 Å². The van der Waals surface area contributed by atoms with E-state index in [0.29, 0.717) is 27.3 Å². The number of methoxy groups -OCH3 is 1. The average molecular weight is 299 g/mol. The zero-order chi connectivity index (χ0) is 15.0. The van der Waals surface area contributed by atoms with E-state index in [1.165, 1.54) is 19.2 Å². The Morgan fingerprint density at radius 1 is 1.29 bits per heavy atom. The van der Waals surface area contributed by atoms with Gasteiger partial charge in [0.25, 0.3) is 0 Å². The van der Waals surface area contributed by atoms with E-state index in [2.05, 4.69) is 11.1 Å². The number of imidazole rings is 1. The van der Waals surface area contributed by atoms with Crippen molar-refractivity contribution in [3.8, 4) is 17.5 Å². The van der Waals surface area contributed by atoms with Gasteiger partial charge in [0.05, 0.1) is 35.5 Å². The first-order chi connectivity index (χ1) is 10.1. The topological polar surface area (TPSA) is 53.7 Å². The summed E-state index contributed by atoms with van der Waals surface area (Å²) in [5, 5.41) is 8.96. The predicted octanol–water partition coefficient (Wildman–Crippen LogP) is 3.71. The molecule has 3 aromatic rings. The Balaban J connectivity index is 2.33. The van der Waals surface area contributed by atoms with Gasteiger partial charge in [-0.3, -0.25) is 4.57 Å². The van der Waals surface area contributed by atoms with Crippen molar-refractivity contribution in [2.45, 2.75) is 0 Å². The van der Waals surface area contributed by atoms with Crippen molar-refractivity contribution in [1.82, 2.24) is 9.55 Å².